The van der Waals surface area contributed by atoms with Crippen molar-refractivity contribution in [1.82, 2.24) is 19.9 Å². The molecule has 4 rings (SSSR count). The highest BCUT2D eigenvalue weighted by atomic mass is 16.2. The summed E-state index contributed by atoms with van der Waals surface area (Å²) in [6.07, 6.45) is 7.32. The molecule has 142 valence electrons. The third kappa shape index (κ3) is 3.79. The molecular formula is C23H24N4O. The standard InChI is InChI=1S/C23H24N4O/c1-16-3-5-20(6-4-16)23(28)27-13-9-19(10-14-27)22-21(15-25-17(2)26-22)18-7-11-24-12-8-18/h3-8,11-12,15,19H,9-10,13-14H2,1-2H3. The maximum absolute atomic E-state index is 12.8. The zero-order valence-electron chi connectivity index (χ0n) is 16.3. The van der Waals surface area contributed by atoms with Gasteiger partial charge in [0, 0.05) is 48.7 Å². The Kier molecular flexibility index (Phi) is 5.15. The SMILES string of the molecule is Cc1ccc(C(=O)N2CCC(c3nc(C)ncc3-c3ccncc3)CC2)cc1. The van der Waals surface area contributed by atoms with Crippen LogP contribution in [0.1, 0.15) is 46.2 Å². The van der Waals surface area contributed by atoms with E-state index in [1.165, 1.54) is 0 Å². The minimum Gasteiger partial charge on any atom is -0.339 e. The van der Waals surface area contributed by atoms with Gasteiger partial charge in [0.25, 0.3) is 5.91 Å². The molecule has 2 aromatic heterocycles. The van der Waals surface area contributed by atoms with Crippen LogP contribution in [0, 0.1) is 13.8 Å². The van der Waals surface area contributed by atoms with E-state index in [-0.39, 0.29) is 5.91 Å². The van der Waals surface area contributed by atoms with E-state index in [1.807, 2.05) is 61.3 Å². The summed E-state index contributed by atoms with van der Waals surface area (Å²) >= 11 is 0. The fourth-order valence-electron chi connectivity index (χ4n) is 3.79. The number of piperidine rings is 1. The van der Waals surface area contributed by atoms with Gasteiger partial charge in [-0.1, -0.05) is 17.7 Å². The molecule has 1 aromatic carbocycles. The van der Waals surface area contributed by atoms with Crippen LogP contribution in [0.25, 0.3) is 11.1 Å². The first-order valence-electron chi connectivity index (χ1n) is 9.71. The van der Waals surface area contributed by atoms with Crippen molar-refractivity contribution in [1.29, 1.82) is 0 Å². The van der Waals surface area contributed by atoms with Crippen molar-refractivity contribution in [2.45, 2.75) is 32.6 Å². The second-order valence-corrected chi connectivity index (χ2v) is 7.38. The van der Waals surface area contributed by atoms with Crippen molar-refractivity contribution in [3.8, 4) is 11.1 Å². The van der Waals surface area contributed by atoms with Crippen molar-refractivity contribution < 1.29 is 4.79 Å². The highest BCUT2D eigenvalue weighted by molar-refractivity contribution is 5.94. The molecule has 5 heteroatoms. The van der Waals surface area contributed by atoms with Crippen molar-refractivity contribution in [3.05, 3.63) is 77.6 Å². The number of hydrogen-bond donors (Lipinski definition) is 0. The number of benzene rings is 1. The molecule has 0 unspecified atom stereocenters. The van der Waals surface area contributed by atoms with Gasteiger partial charge in [0.05, 0.1) is 5.69 Å². The number of pyridine rings is 1. The molecular weight excluding hydrogens is 348 g/mol. The van der Waals surface area contributed by atoms with E-state index in [0.717, 1.165) is 59.7 Å². The normalized spacial score (nSPS) is 14.9. The lowest BCUT2D eigenvalue weighted by atomic mass is 9.89. The predicted molar refractivity (Wildman–Crippen MR) is 109 cm³/mol. The molecule has 0 bridgehead atoms. The first-order chi connectivity index (χ1) is 13.6. The van der Waals surface area contributed by atoms with Crippen molar-refractivity contribution in [2.75, 3.05) is 13.1 Å². The maximum Gasteiger partial charge on any atom is 0.253 e. The van der Waals surface area contributed by atoms with Gasteiger partial charge in [-0.3, -0.25) is 9.78 Å². The van der Waals surface area contributed by atoms with Gasteiger partial charge < -0.3 is 4.90 Å². The van der Waals surface area contributed by atoms with E-state index < -0.39 is 0 Å². The molecule has 1 aliphatic heterocycles. The van der Waals surface area contributed by atoms with Crippen LogP contribution in [-0.2, 0) is 0 Å². The molecule has 0 saturated carbocycles. The second-order valence-electron chi connectivity index (χ2n) is 7.38. The number of hydrogen-bond acceptors (Lipinski definition) is 4. The molecule has 5 nitrogen and oxygen atoms in total. The van der Waals surface area contributed by atoms with Gasteiger partial charge in [0.1, 0.15) is 5.82 Å². The van der Waals surface area contributed by atoms with Crippen LogP contribution in [0.3, 0.4) is 0 Å². The maximum atomic E-state index is 12.8. The second kappa shape index (κ2) is 7.89. The Bertz CT molecular complexity index is 962. The van der Waals surface area contributed by atoms with E-state index in [4.69, 9.17) is 4.98 Å². The van der Waals surface area contributed by atoms with Gasteiger partial charge in [0.2, 0.25) is 0 Å². The summed E-state index contributed by atoms with van der Waals surface area (Å²) in [6.45, 7) is 5.45. The molecule has 28 heavy (non-hydrogen) atoms. The summed E-state index contributed by atoms with van der Waals surface area (Å²) in [5.74, 6) is 1.23. The third-order valence-electron chi connectivity index (χ3n) is 5.40. The molecule has 0 N–H and O–H groups in total. The molecule has 3 aromatic rings. The molecule has 0 atom stereocenters. The molecule has 1 fully saturated rings. The first-order valence-corrected chi connectivity index (χ1v) is 9.71. The number of amides is 1. The minimum absolute atomic E-state index is 0.117. The van der Waals surface area contributed by atoms with E-state index in [0.29, 0.717) is 5.92 Å². The number of rotatable bonds is 3. The Morgan fingerprint density at radius 2 is 1.68 bits per heavy atom. The van der Waals surface area contributed by atoms with Crippen LogP contribution in [0.4, 0.5) is 0 Å². The van der Waals surface area contributed by atoms with Gasteiger partial charge in [-0.2, -0.15) is 0 Å². The van der Waals surface area contributed by atoms with Crippen LogP contribution in [-0.4, -0.2) is 38.8 Å². The molecule has 1 aliphatic rings. The Hall–Kier alpha value is -3.08. The molecule has 1 saturated heterocycles. The van der Waals surface area contributed by atoms with Crippen LogP contribution >= 0.6 is 0 Å². The molecule has 0 aliphatic carbocycles. The van der Waals surface area contributed by atoms with Crippen LogP contribution in [0.15, 0.2) is 55.0 Å². The summed E-state index contributed by atoms with van der Waals surface area (Å²) in [5.41, 5.74) is 5.16. The van der Waals surface area contributed by atoms with E-state index in [9.17, 15) is 4.79 Å². The lowest BCUT2D eigenvalue weighted by Gasteiger charge is -2.32. The van der Waals surface area contributed by atoms with Gasteiger partial charge in [-0.15, -0.1) is 0 Å². The number of nitrogens with zero attached hydrogens (tertiary/aromatic N) is 4. The average molecular weight is 372 g/mol. The fourth-order valence-corrected chi connectivity index (χ4v) is 3.79. The number of aromatic nitrogens is 3. The lowest BCUT2D eigenvalue weighted by molar-refractivity contribution is 0.0712. The minimum atomic E-state index is 0.117. The van der Waals surface area contributed by atoms with E-state index in [1.54, 1.807) is 12.4 Å². The molecule has 0 spiro atoms. The average Bonchev–Trinajstić information content (AvgIpc) is 2.74. The highest BCUT2D eigenvalue weighted by Crippen LogP contribution is 2.34. The summed E-state index contributed by atoms with van der Waals surface area (Å²) in [4.78, 5) is 28.0. The Balaban J connectivity index is 1.52. The van der Waals surface area contributed by atoms with Gasteiger partial charge in [-0.05, 0) is 56.5 Å². The summed E-state index contributed by atoms with van der Waals surface area (Å²) in [5, 5.41) is 0. The Morgan fingerprint density at radius 3 is 2.36 bits per heavy atom. The Labute approximate surface area is 165 Å². The van der Waals surface area contributed by atoms with Crippen LogP contribution < -0.4 is 0 Å². The number of carbonyl (C=O) groups is 1. The van der Waals surface area contributed by atoms with Crippen molar-refractivity contribution in [2.24, 2.45) is 0 Å². The first kappa shape index (κ1) is 18.3. The molecule has 0 radical (unpaired) electrons. The molecule has 3 heterocycles. The number of carbonyl (C=O) groups excluding carboxylic acids is 1. The topological polar surface area (TPSA) is 59.0 Å². The van der Waals surface area contributed by atoms with Crippen molar-refractivity contribution >= 4 is 5.91 Å². The zero-order chi connectivity index (χ0) is 19.5. The number of aryl methyl sites for hydroxylation is 2. The third-order valence-corrected chi connectivity index (χ3v) is 5.40. The van der Waals surface area contributed by atoms with Gasteiger partial charge in [-0.25, -0.2) is 9.97 Å². The summed E-state index contributed by atoms with van der Waals surface area (Å²) in [6, 6.07) is 11.8. The fraction of sp³-hybridized carbons (Fsp3) is 0.304. The zero-order valence-corrected chi connectivity index (χ0v) is 16.3. The summed E-state index contributed by atoms with van der Waals surface area (Å²) in [7, 11) is 0. The van der Waals surface area contributed by atoms with Crippen LogP contribution in [0.2, 0.25) is 0 Å². The van der Waals surface area contributed by atoms with Crippen molar-refractivity contribution in [3.63, 3.8) is 0 Å². The monoisotopic (exact) mass is 372 g/mol. The smallest absolute Gasteiger partial charge is 0.253 e. The largest absolute Gasteiger partial charge is 0.339 e. The van der Waals surface area contributed by atoms with Gasteiger partial charge in [0.15, 0.2) is 0 Å². The van der Waals surface area contributed by atoms with Crippen LogP contribution in [0.5, 0.6) is 0 Å². The molecule has 1 amide bonds. The van der Waals surface area contributed by atoms with Gasteiger partial charge >= 0.3 is 0 Å². The number of likely N-dealkylation sites (tertiary alicyclic amines) is 1. The summed E-state index contributed by atoms with van der Waals surface area (Å²) < 4.78 is 0. The Morgan fingerprint density at radius 1 is 1.00 bits per heavy atom. The van der Waals surface area contributed by atoms with E-state index >= 15 is 0 Å². The highest BCUT2D eigenvalue weighted by Gasteiger charge is 2.27. The predicted octanol–water partition coefficient (Wildman–Crippen LogP) is 4.18. The lowest BCUT2D eigenvalue weighted by Crippen LogP contribution is -2.38. The van der Waals surface area contributed by atoms with E-state index in [2.05, 4.69) is 9.97 Å². The quantitative estimate of drug-likeness (QED) is 0.692.